The van der Waals surface area contributed by atoms with Crippen LogP contribution in [0.25, 0.3) is 22.3 Å². The number of likely N-dealkylation sites (N-methyl/N-ethyl adjacent to an activating group) is 1. The highest BCUT2D eigenvalue weighted by Gasteiger charge is 2.25. The molecule has 3 heterocycles. The summed E-state index contributed by atoms with van der Waals surface area (Å²) < 4.78 is 0. The van der Waals surface area contributed by atoms with Crippen molar-refractivity contribution in [1.82, 2.24) is 30.2 Å². The largest absolute Gasteiger partial charge is 0.367 e. The van der Waals surface area contributed by atoms with Crippen LogP contribution in [0.15, 0.2) is 30.7 Å². The molecule has 0 bridgehead atoms. The van der Waals surface area contributed by atoms with E-state index in [-0.39, 0.29) is 18.0 Å². The van der Waals surface area contributed by atoms with Crippen molar-refractivity contribution in [3.63, 3.8) is 0 Å². The zero-order valence-electron chi connectivity index (χ0n) is 18.0. The minimum Gasteiger partial charge on any atom is -0.367 e. The molecule has 1 amide bonds. The predicted molar refractivity (Wildman–Crippen MR) is 123 cm³/mol. The number of carbonyl (C=O) groups is 1. The Morgan fingerprint density at radius 1 is 1.16 bits per heavy atom. The molecule has 3 N–H and O–H groups in total. The number of hydrogen-bond donors (Lipinski definition) is 3. The second-order valence-corrected chi connectivity index (χ2v) is 8.75. The number of aromatic nitrogens is 4. The van der Waals surface area contributed by atoms with Gasteiger partial charge in [-0.2, -0.15) is 0 Å². The molecule has 0 saturated heterocycles. The van der Waals surface area contributed by atoms with Gasteiger partial charge >= 0.3 is 0 Å². The molecular weight excluding hydrogens is 414 g/mol. The van der Waals surface area contributed by atoms with Crippen molar-refractivity contribution in [3.8, 4) is 11.1 Å². The monoisotopic (exact) mass is 441 g/mol. The second kappa shape index (κ2) is 9.20. The van der Waals surface area contributed by atoms with Gasteiger partial charge < -0.3 is 15.6 Å². The van der Waals surface area contributed by atoms with Gasteiger partial charge in [0.25, 0.3) is 0 Å². The Hall–Kier alpha value is -2.71. The molecule has 0 spiro atoms. The summed E-state index contributed by atoms with van der Waals surface area (Å²) >= 11 is 6.32. The zero-order valence-corrected chi connectivity index (χ0v) is 18.8. The number of hydrogen-bond acceptors (Lipinski definition) is 6. The van der Waals surface area contributed by atoms with Crippen LogP contribution >= 0.6 is 11.6 Å². The quantitative estimate of drug-likeness (QED) is 0.506. The van der Waals surface area contributed by atoms with Gasteiger partial charge in [-0.15, -0.1) is 0 Å². The first-order valence-corrected chi connectivity index (χ1v) is 11.0. The average Bonchev–Trinajstić information content (AvgIpc) is 3.18. The molecule has 0 aromatic carbocycles. The number of fused-ring (bicyclic) bond motifs is 1. The second-order valence-electron chi connectivity index (χ2n) is 8.36. The zero-order chi connectivity index (χ0) is 22.0. The van der Waals surface area contributed by atoms with Crippen LogP contribution in [0, 0.1) is 0 Å². The van der Waals surface area contributed by atoms with Gasteiger partial charge in [0.1, 0.15) is 16.5 Å². The topological polar surface area (TPSA) is 98.8 Å². The van der Waals surface area contributed by atoms with Crippen LogP contribution in [0.2, 0.25) is 5.15 Å². The lowest BCUT2D eigenvalue weighted by atomic mass is 9.91. The Balaban J connectivity index is 1.40. The summed E-state index contributed by atoms with van der Waals surface area (Å²) in [6.07, 6.45) is 9.03. The maximum atomic E-state index is 12.3. The fourth-order valence-corrected chi connectivity index (χ4v) is 4.15. The fraction of sp³-hybridized carbons (Fsp3) is 0.455. The third-order valence-corrected chi connectivity index (χ3v) is 6.18. The lowest BCUT2D eigenvalue weighted by molar-refractivity contribution is -0.125. The Morgan fingerprint density at radius 2 is 1.87 bits per heavy atom. The molecular formula is C22H28ClN7O. The van der Waals surface area contributed by atoms with Gasteiger partial charge in [0.2, 0.25) is 5.91 Å². The van der Waals surface area contributed by atoms with Crippen molar-refractivity contribution in [2.75, 3.05) is 19.4 Å². The average molecular weight is 442 g/mol. The lowest BCUT2D eigenvalue weighted by Gasteiger charge is -2.31. The van der Waals surface area contributed by atoms with Crippen LogP contribution in [0.1, 0.15) is 32.6 Å². The molecule has 3 aromatic rings. The minimum atomic E-state index is -0.126. The molecule has 4 rings (SSSR count). The van der Waals surface area contributed by atoms with E-state index in [0.717, 1.165) is 53.8 Å². The molecule has 1 fully saturated rings. The maximum Gasteiger partial charge on any atom is 0.237 e. The van der Waals surface area contributed by atoms with Crippen LogP contribution < -0.4 is 10.6 Å². The molecule has 1 aliphatic rings. The van der Waals surface area contributed by atoms with E-state index >= 15 is 0 Å². The van der Waals surface area contributed by atoms with E-state index < -0.39 is 0 Å². The normalized spacial score (nSPS) is 20.0. The summed E-state index contributed by atoms with van der Waals surface area (Å²) in [6, 6.07) is 4.22. The number of anilines is 1. The van der Waals surface area contributed by atoms with Gasteiger partial charge in [-0.25, -0.2) is 9.97 Å². The number of pyridine rings is 1. The van der Waals surface area contributed by atoms with E-state index in [1.54, 1.807) is 12.4 Å². The van der Waals surface area contributed by atoms with Gasteiger partial charge in [0, 0.05) is 36.2 Å². The van der Waals surface area contributed by atoms with E-state index in [9.17, 15) is 4.79 Å². The van der Waals surface area contributed by atoms with Crippen molar-refractivity contribution in [2.24, 2.45) is 0 Å². The number of H-pyrrole nitrogens is 1. The number of rotatable bonds is 6. The smallest absolute Gasteiger partial charge is 0.237 e. The molecule has 31 heavy (non-hydrogen) atoms. The standard InChI is InChI=1S/C22H28ClN7O/c1-13(30(2)3)22(31)28-16-6-4-15(5-7-16)27-19-11-14(10-18(23)29-19)17-12-26-21-20(17)24-8-9-25-21/h8-13,15-16H,4-7H2,1-3H3,(H,25,26)(H,27,29)(H,28,31). The first-order valence-electron chi connectivity index (χ1n) is 10.6. The van der Waals surface area contributed by atoms with Gasteiger partial charge in [0.15, 0.2) is 5.65 Å². The summed E-state index contributed by atoms with van der Waals surface area (Å²) in [6.45, 7) is 1.92. The molecule has 1 saturated carbocycles. The number of halogens is 1. The fourth-order valence-electron chi connectivity index (χ4n) is 3.94. The molecule has 8 nitrogen and oxygen atoms in total. The van der Waals surface area contributed by atoms with Crippen molar-refractivity contribution < 1.29 is 4.79 Å². The summed E-state index contributed by atoms with van der Waals surface area (Å²) in [5.41, 5.74) is 3.42. The van der Waals surface area contributed by atoms with E-state index in [0.29, 0.717) is 11.2 Å². The SMILES string of the molecule is CC(C(=O)NC1CCC(Nc2cc(-c3c[nH]c4nccnc34)cc(Cl)n2)CC1)N(C)C. The maximum absolute atomic E-state index is 12.3. The minimum absolute atomic E-state index is 0.0874. The summed E-state index contributed by atoms with van der Waals surface area (Å²) in [4.78, 5) is 30.6. The first-order chi connectivity index (χ1) is 14.9. The lowest BCUT2D eigenvalue weighted by Crippen LogP contribution is -2.47. The molecule has 0 aliphatic heterocycles. The van der Waals surface area contributed by atoms with Crippen LogP contribution in [0.5, 0.6) is 0 Å². The van der Waals surface area contributed by atoms with E-state index in [1.165, 1.54) is 0 Å². The molecule has 164 valence electrons. The predicted octanol–water partition coefficient (Wildman–Crippen LogP) is 3.46. The van der Waals surface area contributed by atoms with Crippen LogP contribution in [0.4, 0.5) is 5.82 Å². The summed E-state index contributed by atoms with van der Waals surface area (Å²) in [7, 11) is 3.83. The first kappa shape index (κ1) is 21.5. The molecule has 3 aromatic heterocycles. The highest BCUT2D eigenvalue weighted by molar-refractivity contribution is 6.29. The van der Waals surface area contributed by atoms with Crippen molar-refractivity contribution in [2.45, 2.75) is 50.7 Å². The van der Waals surface area contributed by atoms with Crippen LogP contribution in [-0.2, 0) is 4.79 Å². The molecule has 1 atom stereocenters. The van der Waals surface area contributed by atoms with Gasteiger partial charge in [-0.05, 0) is 64.4 Å². The Bertz CT molecular complexity index is 1060. The number of aromatic amines is 1. The van der Waals surface area contributed by atoms with Crippen molar-refractivity contribution in [1.29, 1.82) is 0 Å². The molecule has 1 aliphatic carbocycles. The van der Waals surface area contributed by atoms with E-state index in [4.69, 9.17) is 11.6 Å². The third-order valence-electron chi connectivity index (χ3n) is 5.99. The summed E-state index contributed by atoms with van der Waals surface area (Å²) in [5.74, 6) is 0.832. The Labute approximate surface area is 186 Å². The van der Waals surface area contributed by atoms with Crippen LogP contribution in [0.3, 0.4) is 0 Å². The highest BCUT2D eigenvalue weighted by atomic mass is 35.5. The van der Waals surface area contributed by atoms with Gasteiger partial charge in [0.05, 0.1) is 6.04 Å². The van der Waals surface area contributed by atoms with E-state index in [2.05, 4.69) is 30.6 Å². The van der Waals surface area contributed by atoms with Crippen molar-refractivity contribution >= 4 is 34.5 Å². The third kappa shape index (κ3) is 4.97. The number of amides is 1. The van der Waals surface area contributed by atoms with E-state index in [1.807, 2.05) is 44.2 Å². The molecule has 0 radical (unpaired) electrons. The highest BCUT2D eigenvalue weighted by Crippen LogP contribution is 2.30. The van der Waals surface area contributed by atoms with Crippen LogP contribution in [-0.4, -0.2) is 63.0 Å². The molecule has 1 unspecified atom stereocenters. The summed E-state index contributed by atoms with van der Waals surface area (Å²) in [5, 5.41) is 7.13. The number of nitrogens with zero attached hydrogens (tertiary/aromatic N) is 4. The Kier molecular flexibility index (Phi) is 6.38. The number of nitrogens with one attached hydrogen (secondary N) is 3. The van der Waals surface area contributed by atoms with Crippen molar-refractivity contribution in [3.05, 3.63) is 35.9 Å². The van der Waals surface area contributed by atoms with Gasteiger partial charge in [-0.3, -0.25) is 14.7 Å². The van der Waals surface area contributed by atoms with Gasteiger partial charge in [-0.1, -0.05) is 11.6 Å². The number of carbonyl (C=O) groups excluding carboxylic acids is 1. The Morgan fingerprint density at radius 3 is 2.61 bits per heavy atom. The molecule has 9 heteroatoms.